The van der Waals surface area contributed by atoms with Crippen LogP contribution in [0.1, 0.15) is 36.8 Å². The number of rotatable bonds is 3. The number of hydrogen-bond acceptors (Lipinski definition) is 3. The molecule has 2 fully saturated rings. The average Bonchev–Trinajstić information content (AvgIpc) is 2.69. The van der Waals surface area contributed by atoms with Gasteiger partial charge in [0.1, 0.15) is 0 Å². The molecule has 0 bridgehead atoms. The van der Waals surface area contributed by atoms with Crippen LogP contribution in [0.25, 0.3) is 10.9 Å². The molecule has 0 atom stereocenters. The first kappa shape index (κ1) is 18.0. The maximum Gasteiger partial charge on any atom is 0.0722 e. The molecule has 144 valence electrons. The third-order valence-corrected chi connectivity index (χ3v) is 7.20. The van der Waals surface area contributed by atoms with Gasteiger partial charge in [-0.05, 0) is 86.5 Å². The Morgan fingerprint density at radius 3 is 2.68 bits per heavy atom. The molecule has 4 heteroatoms. The molecule has 0 unspecified atom stereocenters. The lowest BCUT2D eigenvalue weighted by molar-refractivity contribution is 0.00843. The van der Waals surface area contributed by atoms with Gasteiger partial charge in [0.15, 0.2) is 0 Å². The van der Waals surface area contributed by atoms with Crippen molar-refractivity contribution >= 4 is 28.2 Å². The van der Waals surface area contributed by atoms with E-state index >= 15 is 0 Å². The maximum absolute atomic E-state index is 6.51. The zero-order chi connectivity index (χ0) is 19.2. The van der Waals surface area contributed by atoms with Crippen LogP contribution in [-0.4, -0.2) is 18.1 Å². The number of aromatic nitrogens is 1. The van der Waals surface area contributed by atoms with Crippen molar-refractivity contribution in [1.82, 2.24) is 10.3 Å². The second kappa shape index (κ2) is 6.75. The Kier molecular flexibility index (Phi) is 4.33. The Balaban J connectivity index is 1.53. The molecule has 28 heavy (non-hydrogen) atoms. The van der Waals surface area contributed by atoms with Crippen LogP contribution in [0.15, 0.2) is 54.7 Å². The van der Waals surface area contributed by atoms with Crippen molar-refractivity contribution in [3.05, 3.63) is 70.9 Å². The number of halogens is 1. The van der Waals surface area contributed by atoms with Gasteiger partial charge in [-0.15, -0.1) is 0 Å². The molecule has 0 radical (unpaired) electrons. The molecular formula is C24H26ClN3. The zero-order valence-corrected chi connectivity index (χ0v) is 17.0. The first-order valence-corrected chi connectivity index (χ1v) is 10.6. The summed E-state index contributed by atoms with van der Waals surface area (Å²) in [5.41, 5.74) is 5.08. The molecule has 5 rings (SSSR count). The summed E-state index contributed by atoms with van der Waals surface area (Å²) in [5, 5.41) is 9.46. The van der Waals surface area contributed by atoms with E-state index in [0.717, 1.165) is 42.2 Å². The molecule has 1 spiro atoms. The van der Waals surface area contributed by atoms with E-state index < -0.39 is 0 Å². The van der Waals surface area contributed by atoms with E-state index in [-0.39, 0.29) is 5.54 Å². The fraction of sp³-hybridized carbons (Fsp3) is 0.375. The fourth-order valence-corrected chi connectivity index (χ4v) is 5.61. The molecule has 3 nitrogen and oxygen atoms in total. The van der Waals surface area contributed by atoms with Gasteiger partial charge in [-0.25, -0.2) is 0 Å². The van der Waals surface area contributed by atoms with E-state index in [0.29, 0.717) is 5.41 Å². The van der Waals surface area contributed by atoms with Crippen LogP contribution in [0.4, 0.5) is 5.69 Å². The first-order valence-electron chi connectivity index (χ1n) is 10.2. The number of hydrogen-bond donors (Lipinski definition) is 2. The van der Waals surface area contributed by atoms with E-state index in [4.69, 9.17) is 11.6 Å². The van der Waals surface area contributed by atoms with E-state index in [2.05, 4.69) is 58.9 Å². The molecule has 2 N–H and O–H groups in total. The quantitative estimate of drug-likeness (QED) is 0.604. The van der Waals surface area contributed by atoms with Crippen molar-refractivity contribution in [3.63, 3.8) is 0 Å². The summed E-state index contributed by atoms with van der Waals surface area (Å²) in [6.07, 6.45) is 6.69. The minimum atomic E-state index is -0.0607. The summed E-state index contributed by atoms with van der Waals surface area (Å²) < 4.78 is 0. The molecule has 2 aliphatic rings. The van der Waals surface area contributed by atoms with Crippen LogP contribution in [0, 0.1) is 12.3 Å². The summed E-state index contributed by atoms with van der Waals surface area (Å²) >= 11 is 6.51. The predicted molar refractivity (Wildman–Crippen MR) is 117 cm³/mol. The molecule has 0 amide bonds. The molecule has 2 aromatic carbocycles. The largest absolute Gasteiger partial charge is 0.375 e. The molecule has 1 saturated carbocycles. The van der Waals surface area contributed by atoms with Gasteiger partial charge >= 0.3 is 0 Å². The second-order valence-corrected chi connectivity index (χ2v) is 9.04. The Hall–Kier alpha value is -2.10. The van der Waals surface area contributed by atoms with Gasteiger partial charge in [0, 0.05) is 22.3 Å². The zero-order valence-electron chi connectivity index (χ0n) is 16.3. The molecule has 1 aromatic heterocycles. The second-order valence-electron chi connectivity index (χ2n) is 8.63. The van der Waals surface area contributed by atoms with Gasteiger partial charge in [-0.2, -0.15) is 0 Å². The molecule has 3 aromatic rings. The lowest BCUT2D eigenvalue weighted by atomic mass is 9.51. The van der Waals surface area contributed by atoms with Crippen molar-refractivity contribution in [2.24, 2.45) is 5.41 Å². The first-order chi connectivity index (χ1) is 13.6. The van der Waals surface area contributed by atoms with Gasteiger partial charge in [0.05, 0.1) is 11.1 Å². The maximum atomic E-state index is 6.51. The van der Waals surface area contributed by atoms with Crippen molar-refractivity contribution < 1.29 is 0 Å². The Morgan fingerprint density at radius 2 is 1.86 bits per heavy atom. The highest BCUT2D eigenvalue weighted by Gasteiger charge is 2.55. The molecule has 1 aliphatic heterocycles. The third kappa shape index (κ3) is 2.98. The van der Waals surface area contributed by atoms with Crippen molar-refractivity contribution in [3.8, 4) is 0 Å². The highest BCUT2D eigenvalue weighted by atomic mass is 35.5. The Bertz CT molecular complexity index is 1020. The van der Waals surface area contributed by atoms with E-state index in [1.54, 1.807) is 0 Å². The predicted octanol–water partition coefficient (Wildman–Crippen LogP) is 5.67. The number of benzene rings is 2. The van der Waals surface area contributed by atoms with Crippen LogP contribution >= 0.6 is 11.6 Å². The van der Waals surface area contributed by atoms with Gasteiger partial charge in [-0.3, -0.25) is 4.98 Å². The van der Waals surface area contributed by atoms with Gasteiger partial charge in [-0.1, -0.05) is 35.9 Å². The average molecular weight is 392 g/mol. The number of piperidine rings is 1. The smallest absolute Gasteiger partial charge is 0.0722 e. The lowest BCUT2D eigenvalue weighted by Crippen LogP contribution is -2.57. The number of fused-ring (bicyclic) bond motifs is 1. The van der Waals surface area contributed by atoms with Crippen molar-refractivity contribution in [2.75, 3.05) is 18.4 Å². The topological polar surface area (TPSA) is 37.0 Å². The summed E-state index contributed by atoms with van der Waals surface area (Å²) in [4.78, 5) is 4.53. The number of anilines is 1. The number of nitrogens with zero attached hydrogens (tertiary/aromatic N) is 1. The van der Waals surface area contributed by atoms with Crippen molar-refractivity contribution in [1.29, 1.82) is 0 Å². The third-order valence-electron chi connectivity index (χ3n) is 6.79. The normalized spacial score (nSPS) is 20.1. The van der Waals surface area contributed by atoms with E-state index in [9.17, 15) is 0 Å². The number of pyridine rings is 1. The highest BCUT2D eigenvalue weighted by molar-refractivity contribution is 6.31. The van der Waals surface area contributed by atoms with E-state index in [1.807, 2.05) is 18.3 Å². The van der Waals surface area contributed by atoms with Crippen LogP contribution in [0.2, 0.25) is 5.02 Å². The SMILES string of the molecule is Cc1c(Cl)cccc1C1(Nc2ccc3cccnc3c2)CC2(CCNCC2)C1. The summed E-state index contributed by atoms with van der Waals surface area (Å²) in [6, 6.07) is 16.9. The molecule has 1 aliphatic carbocycles. The van der Waals surface area contributed by atoms with Crippen LogP contribution in [0.5, 0.6) is 0 Å². The number of nitrogens with one attached hydrogen (secondary N) is 2. The minimum Gasteiger partial charge on any atom is -0.375 e. The molecule has 2 heterocycles. The monoisotopic (exact) mass is 391 g/mol. The van der Waals surface area contributed by atoms with Gasteiger partial charge in [0.25, 0.3) is 0 Å². The standard InChI is InChI=1S/C24H26ClN3/c1-17-20(5-2-6-21(17)25)24(15-23(16-24)9-12-26-13-10-23)28-19-8-7-18-4-3-11-27-22(18)14-19/h2-8,11,14,26,28H,9-10,12-13,15-16H2,1H3. The van der Waals surface area contributed by atoms with Gasteiger partial charge < -0.3 is 10.6 Å². The molecular weight excluding hydrogens is 366 g/mol. The Labute approximate surface area is 171 Å². The van der Waals surface area contributed by atoms with E-state index in [1.165, 1.54) is 29.4 Å². The van der Waals surface area contributed by atoms with Crippen molar-refractivity contribution in [2.45, 2.75) is 38.1 Å². The molecule has 1 saturated heterocycles. The van der Waals surface area contributed by atoms with Crippen LogP contribution in [-0.2, 0) is 5.54 Å². The summed E-state index contributed by atoms with van der Waals surface area (Å²) in [5.74, 6) is 0. The Morgan fingerprint density at radius 1 is 1.04 bits per heavy atom. The highest BCUT2D eigenvalue weighted by Crippen LogP contribution is 2.60. The van der Waals surface area contributed by atoms with Crippen LogP contribution in [0.3, 0.4) is 0 Å². The minimum absolute atomic E-state index is 0.0607. The van der Waals surface area contributed by atoms with Crippen LogP contribution < -0.4 is 10.6 Å². The summed E-state index contributed by atoms with van der Waals surface area (Å²) in [6.45, 7) is 4.41. The summed E-state index contributed by atoms with van der Waals surface area (Å²) in [7, 11) is 0. The van der Waals surface area contributed by atoms with Gasteiger partial charge in [0.2, 0.25) is 0 Å². The lowest BCUT2D eigenvalue weighted by Gasteiger charge is -2.59. The fourth-order valence-electron chi connectivity index (χ4n) is 5.43.